The third-order valence-electron chi connectivity index (χ3n) is 4.15. The molecule has 1 heterocycles. The molecule has 4 nitrogen and oxygen atoms in total. The predicted octanol–water partition coefficient (Wildman–Crippen LogP) is 3.91. The van der Waals surface area contributed by atoms with Gasteiger partial charge in [0.25, 0.3) is 0 Å². The van der Waals surface area contributed by atoms with Gasteiger partial charge in [0.2, 0.25) is 0 Å². The van der Waals surface area contributed by atoms with Gasteiger partial charge < -0.3 is 10.3 Å². The van der Waals surface area contributed by atoms with Gasteiger partial charge in [-0.2, -0.15) is 5.10 Å². The number of nitrogens with zero attached hydrogens (tertiary/aromatic N) is 1. The third kappa shape index (κ3) is 4.45. The summed E-state index contributed by atoms with van der Waals surface area (Å²) in [7, 11) is 0. The Balaban J connectivity index is 1.49. The highest BCUT2D eigenvalue weighted by Gasteiger charge is 2.03. The second-order valence-corrected chi connectivity index (χ2v) is 6.45. The summed E-state index contributed by atoms with van der Waals surface area (Å²) in [5, 5.41) is 9.34. The first-order valence-corrected chi connectivity index (χ1v) is 8.74. The number of benzene rings is 2. The molecule has 3 aromatic rings. The molecule has 0 amide bonds. The Bertz CT molecular complexity index is 893. The molecular weight excluding hydrogens is 328 g/mol. The van der Waals surface area contributed by atoms with Crippen LogP contribution in [0.1, 0.15) is 23.6 Å². The smallest absolute Gasteiger partial charge is 0.186 e. The molecule has 3 N–H and O–H groups in total. The highest BCUT2D eigenvalue weighted by atomic mass is 32.1. The van der Waals surface area contributed by atoms with Crippen LogP contribution in [0.25, 0.3) is 10.9 Å². The van der Waals surface area contributed by atoms with Crippen LogP contribution < -0.4 is 10.7 Å². The predicted molar refractivity (Wildman–Crippen MR) is 109 cm³/mol. The summed E-state index contributed by atoms with van der Waals surface area (Å²) in [6.45, 7) is 4.79. The minimum atomic E-state index is 0.534. The number of hydrazone groups is 1. The molecule has 0 aliphatic rings. The van der Waals surface area contributed by atoms with Gasteiger partial charge in [-0.3, -0.25) is 5.43 Å². The van der Waals surface area contributed by atoms with Gasteiger partial charge in [-0.25, -0.2) is 0 Å². The van der Waals surface area contributed by atoms with Crippen molar-refractivity contribution in [1.82, 2.24) is 15.7 Å². The molecule has 0 aliphatic heterocycles. The summed E-state index contributed by atoms with van der Waals surface area (Å²) in [6.07, 6.45) is 2.95. The number of aromatic nitrogens is 1. The van der Waals surface area contributed by atoms with Crippen molar-refractivity contribution < 1.29 is 0 Å². The van der Waals surface area contributed by atoms with Gasteiger partial charge >= 0.3 is 0 Å². The zero-order valence-corrected chi connectivity index (χ0v) is 15.3. The summed E-state index contributed by atoms with van der Waals surface area (Å²) < 4.78 is 0. The van der Waals surface area contributed by atoms with Gasteiger partial charge in [-0.05, 0) is 49.7 Å². The lowest BCUT2D eigenvalue weighted by molar-refractivity contribution is 0.839. The molecule has 128 valence electrons. The van der Waals surface area contributed by atoms with E-state index >= 15 is 0 Å². The maximum absolute atomic E-state index is 5.30. The number of thiocarbonyl (C=S) groups is 1. The van der Waals surface area contributed by atoms with E-state index in [1.54, 1.807) is 0 Å². The van der Waals surface area contributed by atoms with Crippen LogP contribution in [0.4, 0.5) is 0 Å². The minimum Gasteiger partial charge on any atom is -0.361 e. The molecule has 3 rings (SSSR count). The lowest BCUT2D eigenvalue weighted by Gasteiger charge is -2.08. The molecule has 0 aliphatic carbocycles. The zero-order valence-electron chi connectivity index (χ0n) is 14.5. The second-order valence-electron chi connectivity index (χ2n) is 6.04. The maximum Gasteiger partial charge on any atom is 0.186 e. The molecule has 0 spiro atoms. The number of fused-ring (bicyclic) bond motifs is 1. The molecule has 5 heteroatoms. The van der Waals surface area contributed by atoms with Crippen LogP contribution in [0.15, 0.2) is 59.8 Å². The van der Waals surface area contributed by atoms with Gasteiger partial charge in [0.15, 0.2) is 5.11 Å². The van der Waals surface area contributed by atoms with E-state index in [0.717, 1.165) is 29.8 Å². The van der Waals surface area contributed by atoms with Gasteiger partial charge in [-0.1, -0.05) is 48.0 Å². The first-order valence-electron chi connectivity index (χ1n) is 8.33. The Kier molecular flexibility index (Phi) is 5.46. The quantitative estimate of drug-likeness (QED) is 0.371. The summed E-state index contributed by atoms with van der Waals surface area (Å²) in [4.78, 5) is 3.29. The SMILES string of the molecule is C/C(=N\NC(=S)NCCc1c[nH]c2ccccc12)c1ccc(C)cc1. The summed E-state index contributed by atoms with van der Waals surface area (Å²) in [5.74, 6) is 0. The fourth-order valence-corrected chi connectivity index (χ4v) is 2.83. The van der Waals surface area contributed by atoms with E-state index in [0.29, 0.717) is 5.11 Å². The van der Waals surface area contributed by atoms with Crippen LogP contribution in [-0.2, 0) is 6.42 Å². The van der Waals surface area contributed by atoms with E-state index in [1.807, 2.05) is 13.0 Å². The molecule has 0 radical (unpaired) electrons. The number of nitrogens with one attached hydrogen (secondary N) is 3. The Hall–Kier alpha value is -2.66. The monoisotopic (exact) mass is 350 g/mol. The van der Waals surface area contributed by atoms with Crippen LogP contribution in [0.2, 0.25) is 0 Å². The first kappa shape index (κ1) is 17.2. The number of aromatic amines is 1. The number of rotatable bonds is 5. The van der Waals surface area contributed by atoms with Crippen LogP contribution >= 0.6 is 12.2 Å². The van der Waals surface area contributed by atoms with Crippen LogP contribution in [-0.4, -0.2) is 22.4 Å². The average molecular weight is 350 g/mol. The van der Waals surface area contributed by atoms with Crippen molar-refractivity contribution in [2.75, 3.05) is 6.54 Å². The Morgan fingerprint density at radius 1 is 1.12 bits per heavy atom. The third-order valence-corrected chi connectivity index (χ3v) is 4.38. The van der Waals surface area contributed by atoms with E-state index in [1.165, 1.54) is 16.5 Å². The zero-order chi connectivity index (χ0) is 17.6. The van der Waals surface area contributed by atoms with Crippen molar-refractivity contribution >= 4 is 33.9 Å². The van der Waals surface area contributed by atoms with Crippen molar-refractivity contribution in [3.05, 3.63) is 71.4 Å². The van der Waals surface area contributed by atoms with E-state index in [4.69, 9.17) is 12.2 Å². The summed E-state index contributed by atoms with van der Waals surface area (Å²) >= 11 is 5.30. The average Bonchev–Trinajstić information content (AvgIpc) is 3.04. The molecule has 0 atom stereocenters. The summed E-state index contributed by atoms with van der Waals surface area (Å²) in [5.41, 5.74) is 8.58. The molecule has 0 saturated heterocycles. The standard InChI is InChI=1S/C20H22N4S/c1-14-7-9-16(10-8-14)15(2)23-24-20(25)21-12-11-17-13-22-19-6-4-3-5-18(17)19/h3-10,13,22H,11-12H2,1-2H3,(H2,21,24,25)/b23-15+. The minimum absolute atomic E-state index is 0.534. The molecule has 25 heavy (non-hydrogen) atoms. The molecule has 2 aromatic carbocycles. The van der Waals surface area contributed by atoms with Crippen LogP contribution in [0, 0.1) is 6.92 Å². The van der Waals surface area contributed by atoms with Gasteiger partial charge in [0.05, 0.1) is 5.71 Å². The lowest BCUT2D eigenvalue weighted by atomic mass is 10.1. The largest absolute Gasteiger partial charge is 0.361 e. The molecular formula is C20H22N4S. The van der Waals surface area contributed by atoms with Crippen molar-refractivity contribution in [2.24, 2.45) is 5.10 Å². The second kappa shape index (κ2) is 7.94. The fraction of sp³-hybridized carbons (Fsp3) is 0.200. The number of hydrogen-bond donors (Lipinski definition) is 3. The molecule has 0 bridgehead atoms. The highest BCUT2D eigenvalue weighted by molar-refractivity contribution is 7.80. The number of para-hydroxylation sites is 1. The topological polar surface area (TPSA) is 52.2 Å². The Labute approximate surface area is 153 Å². The van der Waals surface area contributed by atoms with E-state index in [9.17, 15) is 0 Å². The van der Waals surface area contributed by atoms with Crippen LogP contribution in [0.3, 0.4) is 0 Å². The normalized spacial score (nSPS) is 11.5. The molecule has 0 unspecified atom stereocenters. The highest BCUT2D eigenvalue weighted by Crippen LogP contribution is 2.17. The lowest BCUT2D eigenvalue weighted by Crippen LogP contribution is -2.33. The van der Waals surface area contributed by atoms with E-state index in [-0.39, 0.29) is 0 Å². The van der Waals surface area contributed by atoms with Crippen molar-refractivity contribution in [3.8, 4) is 0 Å². The van der Waals surface area contributed by atoms with Crippen molar-refractivity contribution in [3.63, 3.8) is 0 Å². The molecule has 0 fully saturated rings. The van der Waals surface area contributed by atoms with Crippen LogP contribution in [0.5, 0.6) is 0 Å². The Morgan fingerprint density at radius 2 is 1.88 bits per heavy atom. The van der Waals surface area contributed by atoms with Gasteiger partial charge in [0, 0.05) is 23.6 Å². The number of H-pyrrole nitrogens is 1. The maximum atomic E-state index is 5.30. The number of hydrogen-bond acceptors (Lipinski definition) is 2. The van der Waals surface area contributed by atoms with E-state index < -0.39 is 0 Å². The fourth-order valence-electron chi connectivity index (χ4n) is 2.68. The van der Waals surface area contributed by atoms with Crippen molar-refractivity contribution in [1.29, 1.82) is 0 Å². The Morgan fingerprint density at radius 3 is 2.68 bits per heavy atom. The summed E-state index contributed by atoms with van der Waals surface area (Å²) in [6, 6.07) is 16.6. The molecule has 0 saturated carbocycles. The van der Waals surface area contributed by atoms with Gasteiger partial charge in [-0.15, -0.1) is 0 Å². The molecule has 1 aromatic heterocycles. The van der Waals surface area contributed by atoms with Gasteiger partial charge in [0.1, 0.15) is 0 Å². The first-order chi connectivity index (χ1) is 12.1. The van der Waals surface area contributed by atoms with Crippen molar-refractivity contribution in [2.45, 2.75) is 20.3 Å². The number of aryl methyl sites for hydroxylation is 1. The van der Waals surface area contributed by atoms with E-state index in [2.05, 4.69) is 76.4 Å².